The van der Waals surface area contributed by atoms with Crippen molar-refractivity contribution in [1.29, 1.82) is 0 Å². The molecular weight excluding hydrogens is 254 g/mol. The summed E-state index contributed by atoms with van der Waals surface area (Å²) in [6.45, 7) is 1.65. The van der Waals surface area contributed by atoms with E-state index in [1.54, 1.807) is 31.4 Å². The van der Waals surface area contributed by atoms with E-state index in [2.05, 4.69) is 5.32 Å². The van der Waals surface area contributed by atoms with Crippen molar-refractivity contribution in [3.05, 3.63) is 29.3 Å². The van der Waals surface area contributed by atoms with Crippen molar-refractivity contribution in [2.75, 3.05) is 26.9 Å². The third-order valence-corrected chi connectivity index (χ3v) is 2.51. The van der Waals surface area contributed by atoms with Crippen molar-refractivity contribution >= 4 is 17.5 Å². The molecule has 1 N–H and O–H groups in total. The highest BCUT2D eigenvalue weighted by atomic mass is 35.5. The Balaban J connectivity index is 2.10. The number of hydrogen-bond donors (Lipinski definition) is 1. The van der Waals surface area contributed by atoms with Gasteiger partial charge >= 0.3 is 0 Å². The molecule has 0 radical (unpaired) electrons. The van der Waals surface area contributed by atoms with Crippen LogP contribution in [0.15, 0.2) is 24.3 Å². The van der Waals surface area contributed by atoms with Crippen LogP contribution < -0.4 is 10.1 Å². The molecule has 1 rings (SSSR count). The van der Waals surface area contributed by atoms with Crippen LogP contribution in [-0.4, -0.2) is 32.8 Å². The number of benzene rings is 1. The number of carbonyl (C=O) groups is 1. The average molecular weight is 272 g/mol. The maximum atomic E-state index is 11.4. The highest BCUT2D eigenvalue weighted by molar-refractivity contribution is 6.30. The lowest BCUT2D eigenvalue weighted by atomic mass is 10.3. The van der Waals surface area contributed by atoms with E-state index in [0.29, 0.717) is 37.0 Å². The zero-order valence-corrected chi connectivity index (χ0v) is 11.2. The maximum Gasteiger partial charge on any atom is 0.223 e. The molecule has 0 spiro atoms. The molecule has 100 valence electrons. The summed E-state index contributed by atoms with van der Waals surface area (Å²) in [5, 5.41) is 3.46. The molecule has 4 nitrogen and oxygen atoms in total. The molecule has 1 amide bonds. The fourth-order valence-corrected chi connectivity index (χ4v) is 1.45. The van der Waals surface area contributed by atoms with Crippen LogP contribution in [0.25, 0.3) is 0 Å². The SMILES string of the molecule is COCCCNC(=O)CCOc1ccc(Cl)cc1. The van der Waals surface area contributed by atoms with E-state index in [9.17, 15) is 4.79 Å². The first-order valence-electron chi connectivity index (χ1n) is 5.86. The van der Waals surface area contributed by atoms with Crippen molar-refractivity contribution < 1.29 is 14.3 Å². The molecule has 0 saturated heterocycles. The minimum atomic E-state index is -0.0138. The van der Waals surface area contributed by atoms with Crippen LogP contribution in [0.5, 0.6) is 5.75 Å². The number of hydrogen-bond acceptors (Lipinski definition) is 3. The Kier molecular flexibility index (Phi) is 7.22. The topological polar surface area (TPSA) is 47.6 Å². The maximum absolute atomic E-state index is 11.4. The van der Waals surface area contributed by atoms with E-state index in [1.807, 2.05) is 0 Å². The van der Waals surface area contributed by atoms with E-state index in [1.165, 1.54) is 0 Å². The van der Waals surface area contributed by atoms with Crippen LogP contribution in [-0.2, 0) is 9.53 Å². The third-order valence-electron chi connectivity index (χ3n) is 2.26. The number of ether oxygens (including phenoxy) is 2. The molecule has 5 heteroatoms. The zero-order valence-electron chi connectivity index (χ0n) is 10.4. The van der Waals surface area contributed by atoms with Gasteiger partial charge in [0, 0.05) is 25.3 Å². The van der Waals surface area contributed by atoms with Crippen molar-refractivity contribution in [2.24, 2.45) is 0 Å². The molecular formula is C13H18ClNO3. The number of methoxy groups -OCH3 is 1. The average Bonchev–Trinajstić information content (AvgIpc) is 2.37. The van der Waals surface area contributed by atoms with Crippen LogP contribution in [0, 0.1) is 0 Å². The van der Waals surface area contributed by atoms with Gasteiger partial charge in [0.25, 0.3) is 0 Å². The van der Waals surface area contributed by atoms with Crippen LogP contribution >= 0.6 is 11.6 Å². The molecule has 1 aromatic rings. The largest absolute Gasteiger partial charge is 0.493 e. The number of halogens is 1. The van der Waals surface area contributed by atoms with Gasteiger partial charge in [-0.2, -0.15) is 0 Å². The number of carbonyl (C=O) groups excluding carboxylic acids is 1. The molecule has 0 atom stereocenters. The van der Waals surface area contributed by atoms with Crippen molar-refractivity contribution in [3.63, 3.8) is 0 Å². The molecule has 0 aliphatic heterocycles. The van der Waals surface area contributed by atoms with Gasteiger partial charge in [0.2, 0.25) is 5.91 Å². The minimum absolute atomic E-state index is 0.0138. The highest BCUT2D eigenvalue weighted by Gasteiger charge is 2.01. The first-order valence-corrected chi connectivity index (χ1v) is 6.24. The monoisotopic (exact) mass is 271 g/mol. The molecule has 0 aromatic heterocycles. The summed E-state index contributed by atoms with van der Waals surface area (Å²) in [5.74, 6) is 0.701. The number of nitrogens with one attached hydrogen (secondary N) is 1. The molecule has 0 bridgehead atoms. The quantitative estimate of drug-likeness (QED) is 0.738. The molecule has 0 heterocycles. The van der Waals surface area contributed by atoms with Gasteiger partial charge in [-0.25, -0.2) is 0 Å². The van der Waals surface area contributed by atoms with Gasteiger partial charge in [-0.3, -0.25) is 4.79 Å². The van der Waals surface area contributed by atoms with Gasteiger partial charge in [0.05, 0.1) is 13.0 Å². The summed E-state index contributed by atoms with van der Waals surface area (Å²) in [7, 11) is 1.64. The molecule has 18 heavy (non-hydrogen) atoms. The second-order valence-electron chi connectivity index (χ2n) is 3.75. The Bertz CT molecular complexity index is 354. The van der Waals surface area contributed by atoms with Crippen molar-refractivity contribution in [3.8, 4) is 5.75 Å². The Morgan fingerprint density at radius 1 is 1.28 bits per heavy atom. The molecule has 0 fully saturated rings. The van der Waals surface area contributed by atoms with Crippen LogP contribution in [0.4, 0.5) is 0 Å². The van der Waals surface area contributed by atoms with Crippen LogP contribution in [0.1, 0.15) is 12.8 Å². The van der Waals surface area contributed by atoms with Gasteiger partial charge in [-0.15, -0.1) is 0 Å². The molecule has 0 aliphatic carbocycles. The summed E-state index contributed by atoms with van der Waals surface area (Å²) in [6.07, 6.45) is 1.16. The second kappa shape index (κ2) is 8.78. The van der Waals surface area contributed by atoms with Gasteiger partial charge in [0.15, 0.2) is 0 Å². The summed E-state index contributed by atoms with van der Waals surface area (Å²) in [4.78, 5) is 11.4. The number of rotatable bonds is 8. The lowest BCUT2D eigenvalue weighted by Crippen LogP contribution is -2.26. The summed E-state index contributed by atoms with van der Waals surface area (Å²) < 4.78 is 10.3. The van der Waals surface area contributed by atoms with Gasteiger partial charge in [-0.05, 0) is 30.7 Å². The van der Waals surface area contributed by atoms with Crippen molar-refractivity contribution in [2.45, 2.75) is 12.8 Å². The molecule has 0 unspecified atom stereocenters. The second-order valence-corrected chi connectivity index (χ2v) is 4.19. The standard InChI is InChI=1S/C13H18ClNO3/c1-17-9-2-8-15-13(16)7-10-18-12-5-3-11(14)4-6-12/h3-6H,2,7-10H2,1H3,(H,15,16). The summed E-state index contributed by atoms with van der Waals surface area (Å²) in [6, 6.07) is 7.06. The number of amides is 1. The summed E-state index contributed by atoms with van der Waals surface area (Å²) in [5.41, 5.74) is 0. The third kappa shape index (κ3) is 6.47. The Labute approximate surface area is 112 Å². The fourth-order valence-electron chi connectivity index (χ4n) is 1.33. The van der Waals surface area contributed by atoms with Gasteiger partial charge in [0.1, 0.15) is 5.75 Å². The predicted octanol–water partition coefficient (Wildman–Crippen LogP) is 2.26. The Hall–Kier alpha value is -1.26. The van der Waals surface area contributed by atoms with Crippen LogP contribution in [0.3, 0.4) is 0 Å². The summed E-state index contributed by atoms with van der Waals surface area (Å²) >= 11 is 5.75. The molecule has 1 aromatic carbocycles. The van der Waals surface area contributed by atoms with E-state index < -0.39 is 0 Å². The molecule has 0 aliphatic rings. The van der Waals surface area contributed by atoms with Gasteiger partial charge < -0.3 is 14.8 Å². The first-order chi connectivity index (χ1) is 8.72. The predicted molar refractivity (Wildman–Crippen MR) is 71.1 cm³/mol. The zero-order chi connectivity index (χ0) is 13.2. The van der Waals surface area contributed by atoms with Gasteiger partial charge in [-0.1, -0.05) is 11.6 Å². The van der Waals surface area contributed by atoms with E-state index in [0.717, 1.165) is 6.42 Å². The van der Waals surface area contributed by atoms with E-state index >= 15 is 0 Å². The Morgan fingerprint density at radius 2 is 2.00 bits per heavy atom. The fraction of sp³-hybridized carbons (Fsp3) is 0.462. The highest BCUT2D eigenvalue weighted by Crippen LogP contribution is 2.15. The van der Waals surface area contributed by atoms with E-state index in [-0.39, 0.29) is 5.91 Å². The van der Waals surface area contributed by atoms with Crippen LogP contribution in [0.2, 0.25) is 5.02 Å². The Morgan fingerprint density at radius 3 is 2.67 bits per heavy atom. The lowest BCUT2D eigenvalue weighted by Gasteiger charge is -2.07. The molecule has 0 saturated carbocycles. The van der Waals surface area contributed by atoms with E-state index in [4.69, 9.17) is 21.1 Å². The first kappa shape index (κ1) is 14.8. The minimum Gasteiger partial charge on any atom is -0.493 e. The smallest absolute Gasteiger partial charge is 0.223 e. The lowest BCUT2D eigenvalue weighted by molar-refractivity contribution is -0.121. The van der Waals surface area contributed by atoms with Crippen molar-refractivity contribution in [1.82, 2.24) is 5.32 Å². The normalized spacial score (nSPS) is 10.1.